The molecule has 0 aliphatic heterocycles. The summed E-state index contributed by atoms with van der Waals surface area (Å²) in [6.07, 6.45) is -4.89. The lowest BCUT2D eigenvalue weighted by molar-refractivity contribution is -0.385. The summed E-state index contributed by atoms with van der Waals surface area (Å²) in [5.41, 5.74) is -3.28. The van der Waals surface area contributed by atoms with E-state index in [-0.39, 0.29) is 0 Å². The van der Waals surface area contributed by atoms with Gasteiger partial charge in [-0.1, -0.05) is 0 Å². The second-order valence-electron chi connectivity index (χ2n) is 3.17. The smallest absolute Gasteiger partial charge is 0.419 e. The van der Waals surface area contributed by atoms with Gasteiger partial charge in [-0.2, -0.15) is 13.2 Å². The predicted molar refractivity (Wildman–Crippen MR) is 49.8 cm³/mol. The molecule has 17 heavy (non-hydrogen) atoms. The molecule has 0 saturated carbocycles. The number of phenols is 1. The highest BCUT2D eigenvalue weighted by Crippen LogP contribution is 2.40. The number of rotatable bonds is 2. The fraction of sp³-hybridized carbons (Fsp3) is 0.222. The van der Waals surface area contributed by atoms with Gasteiger partial charge in [-0.15, -0.1) is 0 Å². The van der Waals surface area contributed by atoms with E-state index < -0.39 is 39.4 Å². The molecule has 0 unspecified atom stereocenters. The van der Waals surface area contributed by atoms with Crippen molar-refractivity contribution >= 4 is 11.5 Å². The molecule has 0 aliphatic carbocycles. The average molecular weight is 249 g/mol. The average Bonchev–Trinajstić information content (AvgIpc) is 2.13. The van der Waals surface area contributed by atoms with Crippen molar-refractivity contribution in [2.45, 2.75) is 13.1 Å². The summed E-state index contributed by atoms with van der Waals surface area (Å²) in [6.45, 7) is 0.836. The quantitative estimate of drug-likeness (QED) is 0.496. The lowest BCUT2D eigenvalue weighted by atomic mass is 10.0. The Labute approximate surface area is 92.6 Å². The molecule has 0 fully saturated rings. The van der Waals surface area contributed by atoms with Crippen LogP contribution >= 0.6 is 0 Å². The predicted octanol–water partition coefficient (Wildman–Crippen LogP) is 2.52. The number of phenolic OH excluding ortho intramolecular Hbond substituents is 1. The summed E-state index contributed by atoms with van der Waals surface area (Å²) in [5, 5.41) is 19.8. The normalized spacial score (nSPS) is 11.3. The third-order valence-corrected chi connectivity index (χ3v) is 2.01. The topological polar surface area (TPSA) is 80.4 Å². The van der Waals surface area contributed by atoms with E-state index in [0.717, 1.165) is 6.92 Å². The Morgan fingerprint density at radius 3 is 2.29 bits per heavy atom. The lowest BCUT2D eigenvalue weighted by Gasteiger charge is -2.11. The van der Waals surface area contributed by atoms with Gasteiger partial charge in [0.2, 0.25) is 0 Å². The van der Waals surface area contributed by atoms with Crippen molar-refractivity contribution in [3.8, 4) is 5.75 Å². The van der Waals surface area contributed by atoms with Gasteiger partial charge in [0, 0.05) is 6.07 Å². The second kappa shape index (κ2) is 4.04. The third-order valence-electron chi connectivity index (χ3n) is 2.01. The Morgan fingerprint density at radius 2 is 1.94 bits per heavy atom. The SMILES string of the molecule is CC(=O)c1c([N+](=O)[O-])ccc(C(F)(F)F)c1O. The summed E-state index contributed by atoms with van der Waals surface area (Å²) in [7, 11) is 0. The number of ketones is 1. The molecule has 0 aromatic heterocycles. The highest BCUT2D eigenvalue weighted by Gasteiger charge is 2.37. The zero-order valence-corrected chi connectivity index (χ0v) is 8.41. The molecule has 5 nitrogen and oxygen atoms in total. The van der Waals surface area contributed by atoms with Crippen LogP contribution in [0.3, 0.4) is 0 Å². The Morgan fingerprint density at radius 1 is 1.41 bits per heavy atom. The maximum Gasteiger partial charge on any atom is 0.419 e. The van der Waals surface area contributed by atoms with Crippen molar-refractivity contribution in [3.63, 3.8) is 0 Å². The number of hydrogen-bond acceptors (Lipinski definition) is 4. The number of carbonyl (C=O) groups is 1. The van der Waals surface area contributed by atoms with Crippen molar-refractivity contribution in [1.29, 1.82) is 0 Å². The Hall–Kier alpha value is -2.12. The van der Waals surface area contributed by atoms with Gasteiger partial charge in [0.05, 0.1) is 10.5 Å². The lowest BCUT2D eigenvalue weighted by Crippen LogP contribution is -2.09. The molecule has 0 spiro atoms. The number of halogens is 3. The standard InChI is InChI=1S/C9H6F3NO4/c1-4(14)7-6(13(16)17)3-2-5(8(7)15)9(10,11)12/h2-3,15H,1H3. The van der Waals surface area contributed by atoms with Gasteiger partial charge in [-0.25, -0.2) is 0 Å². The molecule has 92 valence electrons. The molecule has 1 N–H and O–H groups in total. The van der Waals surface area contributed by atoms with Crippen molar-refractivity contribution in [2.75, 3.05) is 0 Å². The van der Waals surface area contributed by atoms with Gasteiger partial charge in [0.25, 0.3) is 5.69 Å². The minimum atomic E-state index is -4.89. The zero-order chi connectivity index (χ0) is 13.4. The monoisotopic (exact) mass is 249 g/mol. The number of nitro benzene ring substituents is 1. The van der Waals surface area contributed by atoms with Crippen LogP contribution in [0, 0.1) is 10.1 Å². The molecule has 1 aromatic rings. The molecule has 8 heteroatoms. The largest absolute Gasteiger partial charge is 0.506 e. The van der Waals surface area contributed by atoms with Crippen LogP contribution in [-0.4, -0.2) is 15.8 Å². The number of nitro groups is 1. The maximum atomic E-state index is 12.4. The first kappa shape index (κ1) is 12.9. The molecule has 1 aromatic carbocycles. The summed E-state index contributed by atoms with van der Waals surface area (Å²) >= 11 is 0. The van der Waals surface area contributed by atoms with E-state index in [9.17, 15) is 33.2 Å². The molecule has 0 heterocycles. The number of Topliss-reactive ketones (excluding diaryl/α,β-unsaturated/α-hetero) is 1. The molecule has 0 radical (unpaired) electrons. The van der Waals surface area contributed by atoms with Crippen LogP contribution < -0.4 is 0 Å². The Kier molecular flexibility index (Phi) is 3.08. The first-order valence-corrected chi connectivity index (χ1v) is 4.24. The van der Waals surface area contributed by atoms with E-state index >= 15 is 0 Å². The third kappa shape index (κ3) is 2.35. The number of nitrogens with zero attached hydrogens (tertiary/aromatic N) is 1. The number of carbonyl (C=O) groups excluding carboxylic acids is 1. The van der Waals surface area contributed by atoms with Gasteiger partial charge in [0.15, 0.2) is 5.78 Å². The molecular weight excluding hydrogens is 243 g/mol. The van der Waals surface area contributed by atoms with Crippen LogP contribution in [0.5, 0.6) is 5.75 Å². The minimum Gasteiger partial charge on any atom is -0.506 e. The number of benzene rings is 1. The molecule has 1 rings (SSSR count). The fourth-order valence-corrected chi connectivity index (χ4v) is 1.31. The van der Waals surface area contributed by atoms with Gasteiger partial charge >= 0.3 is 6.18 Å². The van der Waals surface area contributed by atoms with E-state index in [1.165, 1.54) is 0 Å². The van der Waals surface area contributed by atoms with Crippen LogP contribution in [0.2, 0.25) is 0 Å². The van der Waals surface area contributed by atoms with Crippen LogP contribution in [0.1, 0.15) is 22.8 Å². The van der Waals surface area contributed by atoms with Crippen LogP contribution in [0.15, 0.2) is 12.1 Å². The highest BCUT2D eigenvalue weighted by atomic mass is 19.4. The summed E-state index contributed by atoms with van der Waals surface area (Å²) in [5.74, 6) is -2.43. The van der Waals surface area contributed by atoms with E-state index in [4.69, 9.17) is 0 Å². The number of alkyl halides is 3. The Bertz CT molecular complexity index is 496. The number of aromatic hydroxyl groups is 1. The van der Waals surface area contributed by atoms with Gasteiger partial charge in [-0.05, 0) is 13.0 Å². The minimum absolute atomic E-state index is 0.361. The van der Waals surface area contributed by atoms with Crippen molar-refractivity contribution < 1.29 is 28.0 Å². The van der Waals surface area contributed by atoms with Crippen LogP contribution in [0.4, 0.5) is 18.9 Å². The highest BCUT2D eigenvalue weighted by molar-refractivity contribution is 6.01. The molecule has 0 aliphatic rings. The van der Waals surface area contributed by atoms with Gasteiger partial charge in [-0.3, -0.25) is 14.9 Å². The van der Waals surface area contributed by atoms with Gasteiger partial charge in [0.1, 0.15) is 11.3 Å². The first-order chi connectivity index (χ1) is 7.66. The summed E-state index contributed by atoms with van der Waals surface area (Å²) in [4.78, 5) is 20.5. The van der Waals surface area contributed by atoms with E-state index in [1.807, 2.05) is 0 Å². The van der Waals surface area contributed by atoms with Gasteiger partial charge < -0.3 is 5.11 Å². The van der Waals surface area contributed by atoms with E-state index in [2.05, 4.69) is 0 Å². The van der Waals surface area contributed by atoms with Crippen LogP contribution in [-0.2, 0) is 6.18 Å². The fourth-order valence-electron chi connectivity index (χ4n) is 1.31. The molecule has 0 bridgehead atoms. The summed E-state index contributed by atoms with van der Waals surface area (Å²) < 4.78 is 37.2. The van der Waals surface area contributed by atoms with Crippen LogP contribution in [0.25, 0.3) is 0 Å². The summed E-state index contributed by atoms with van der Waals surface area (Å²) in [6, 6.07) is 0.902. The molecule has 0 saturated heterocycles. The van der Waals surface area contributed by atoms with E-state index in [1.54, 1.807) is 0 Å². The van der Waals surface area contributed by atoms with Crippen molar-refractivity contribution in [3.05, 3.63) is 33.4 Å². The molecule has 0 atom stereocenters. The number of hydrogen-bond donors (Lipinski definition) is 1. The molecular formula is C9H6F3NO4. The second-order valence-corrected chi connectivity index (χ2v) is 3.17. The maximum absolute atomic E-state index is 12.4. The molecule has 0 amide bonds. The Balaban J connectivity index is 3.61. The van der Waals surface area contributed by atoms with Crippen molar-refractivity contribution in [1.82, 2.24) is 0 Å². The first-order valence-electron chi connectivity index (χ1n) is 4.24. The van der Waals surface area contributed by atoms with E-state index in [0.29, 0.717) is 12.1 Å². The van der Waals surface area contributed by atoms with Crippen molar-refractivity contribution in [2.24, 2.45) is 0 Å². The zero-order valence-electron chi connectivity index (χ0n) is 8.41.